The van der Waals surface area contributed by atoms with E-state index in [1.165, 1.54) is 17.8 Å². The average Bonchev–Trinajstić information content (AvgIpc) is 2.62. The number of nitrogens with one attached hydrogen (secondary N) is 1. The van der Waals surface area contributed by atoms with Crippen LogP contribution < -0.4 is 10.1 Å². The minimum absolute atomic E-state index is 0.206. The zero-order valence-corrected chi connectivity index (χ0v) is 14.0. The molecular formula is C18H18FN3OS. The molecule has 0 unspecified atom stereocenters. The summed E-state index contributed by atoms with van der Waals surface area (Å²) in [5, 5.41) is 12.1. The van der Waals surface area contributed by atoms with Crippen LogP contribution in [0.2, 0.25) is 0 Å². The van der Waals surface area contributed by atoms with Crippen LogP contribution in [-0.4, -0.2) is 24.2 Å². The van der Waals surface area contributed by atoms with Gasteiger partial charge in [0.1, 0.15) is 11.9 Å². The topological polar surface area (TPSA) is 57.9 Å². The van der Waals surface area contributed by atoms with Gasteiger partial charge in [0.25, 0.3) is 0 Å². The third-order valence-electron chi connectivity index (χ3n) is 3.79. The molecule has 1 fully saturated rings. The summed E-state index contributed by atoms with van der Waals surface area (Å²) >= 11 is 1.36. The molecule has 1 aliphatic heterocycles. The predicted octanol–water partition coefficient (Wildman–Crippen LogP) is 3.52. The lowest BCUT2D eigenvalue weighted by atomic mass is 10.1. The summed E-state index contributed by atoms with van der Waals surface area (Å²) < 4.78 is 19.8. The average molecular weight is 343 g/mol. The van der Waals surface area contributed by atoms with E-state index in [0.29, 0.717) is 22.1 Å². The van der Waals surface area contributed by atoms with Gasteiger partial charge in [-0.1, -0.05) is 6.07 Å². The van der Waals surface area contributed by atoms with E-state index >= 15 is 0 Å². The lowest BCUT2D eigenvalue weighted by Crippen LogP contribution is -2.34. The highest BCUT2D eigenvalue weighted by molar-refractivity contribution is 7.98. The van der Waals surface area contributed by atoms with Crippen molar-refractivity contribution in [1.82, 2.24) is 10.3 Å². The Morgan fingerprint density at radius 1 is 1.29 bits per heavy atom. The fourth-order valence-electron chi connectivity index (χ4n) is 2.53. The SMILES string of the molecule is N#Cc1ccc(SCc2cccc(OC3CCNCC3)n2)c(F)c1. The zero-order chi connectivity index (χ0) is 16.8. The fourth-order valence-corrected chi connectivity index (χ4v) is 3.35. The number of nitrogens with zero attached hydrogens (tertiary/aromatic N) is 2. The Morgan fingerprint density at radius 3 is 2.88 bits per heavy atom. The first-order chi connectivity index (χ1) is 11.7. The van der Waals surface area contributed by atoms with Crippen molar-refractivity contribution in [2.75, 3.05) is 13.1 Å². The van der Waals surface area contributed by atoms with Crippen molar-refractivity contribution < 1.29 is 9.13 Å². The molecule has 1 aromatic heterocycles. The third kappa shape index (κ3) is 4.47. The molecule has 1 aromatic carbocycles. The molecule has 2 heterocycles. The van der Waals surface area contributed by atoms with Crippen molar-refractivity contribution in [1.29, 1.82) is 5.26 Å². The Bertz CT molecular complexity index is 741. The van der Waals surface area contributed by atoms with Crippen molar-refractivity contribution in [3.8, 4) is 11.9 Å². The smallest absolute Gasteiger partial charge is 0.213 e. The number of rotatable bonds is 5. The second-order valence-electron chi connectivity index (χ2n) is 5.58. The number of piperidine rings is 1. The zero-order valence-electron chi connectivity index (χ0n) is 13.2. The summed E-state index contributed by atoms with van der Waals surface area (Å²) in [6, 6.07) is 12.1. The van der Waals surface area contributed by atoms with Gasteiger partial charge in [-0.3, -0.25) is 0 Å². The first-order valence-electron chi connectivity index (χ1n) is 7.90. The summed E-state index contributed by atoms with van der Waals surface area (Å²) in [5.41, 5.74) is 1.17. The number of hydrogen-bond donors (Lipinski definition) is 1. The van der Waals surface area contributed by atoms with Gasteiger partial charge >= 0.3 is 0 Å². The minimum atomic E-state index is -0.374. The van der Waals surface area contributed by atoms with E-state index in [1.807, 2.05) is 24.3 Å². The molecular weight excluding hydrogens is 325 g/mol. The van der Waals surface area contributed by atoms with Crippen LogP contribution >= 0.6 is 11.8 Å². The molecule has 1 N–H and O–H groups in total. The minimum Gasteiger partial charge on any atom is -0.474 e. The highest BCUT2D eigenvalue weighted by Crippen LogP contribution is 2.26. The van der Waals surface area contributed by atoms with Gasteiger partial charge in [-0.2, -0.15) is 5.26 Å². The largest absolute Gasteiger partial charge is 0.474 e. The van der Waals surface area contributed by atoms with Crippen LogP contribution in [0, 0.1) is 17.1 Å². The lowest BCUT2D eigenvalue weighted by Gasteiger charge is -2.23. The molecule has 0 spiro atoms. The van der Waals surface area contributed by atoms with Crippen LogP contribution in [0.5, 0.6) is 5.88 Å². The van der Waals surface area contributed by atoms with Crippen LogP contribution in [0.15, 0.2) is 41.3 Å². The van der Waals surface area contributed by atoms with E-state index in [-0.39, 0.29) is 11.9 Å². The van der Waals surface area contributed by atoms with E-state index < -0.39 is 0 Å². The molecule has 0 atom stereocenters. The standard InChI is InChI=1S/C18H18FN3OS/c19-16-10-13(11-20)4-5-17(16)24-12-14-2-1-3-18(22-14)23-15-6-8-21-9-7-15/h1-5,10,15,21H,6-9,12H2. The Balaban J connectivity index is 1.61. The number of benzene rings is 1. The van der Waals surface area contributed by atoms with Gasteiger partial charge in [0.2, 0.25) is 5.88 Å². The molecule has 6 heteroatoms. The third-order valence-corrected chi connectivity index (χ3v) is 4.87. The van der Waals surface area contributed by atoms with E-state index in [1.54, 1.807) is 12.1 Å². The van der Waals surface area contributed by atoms with Gasteiger partial charge in [-0.15, -0.1) is 11.8 Å². The van der Waals surface area contributed by atoms with Crippen molar-refractivity contribution in [3.63, 3.8) is 0 Å². The lowest BCUT2D eigenvalue weighted by molar-refractivity contribution is 0.155. The number of ether oxygens (including phenoxy) is 1. The van der Waals surface area contributed by atoms with Crippen molar-refractivity contribution >= 4 is 11.8 Å². The molecule has 2 aromatic rings. The van der Waals surface area contributed by atoms with Crippen LogP contribution in [-0.2, 0) is 5.75 Å². The van der Waals surface area contributed by atoms with Crippen LogP contribution in [0.25, 0.3) is 0 Å². The first kappa shape index (κ1) is 16.7. The molecule has 124 valence electrons. The summed E-state index contributed by atoms with van der Waals surface area (Å²) in [6.07, 6.45) is 2.17. The number of hydrogen-bond acceptors (Lipinski definition) is 5. The normalized spacial score (nSPS) is 15.0. The Morgan fingerprint density at radius 2 is 2.12 bits per heavy atom. The second kappa shape index (κ2) is 8.13. The number of nitriles is 1. The highest BCUT2D eigenvalue weighted by Gasteiger charge is 2.15. The number of aromatic nitrogens is 1. The number of pyridine rings is 1. The summed E-state index contributed by atoms with van der Waals surface area (Å²) in [4.78, 5) is 5.02. The van der Waals surface area contributed by atoms with Gasteiger partial charge < -0.3 is 10.1 Å². The molecule has 4 nitrogen and oxygen atoms in total. The summed E-state index contributed by atoms with van der Waals surface area (Å²) in [5.74, 6) is 0.799. The van der Waals surface area contributed by atoms with E-state index in [0.717, 1.165) is 31.6 Å². The number of thioether (sulfide) groups is 1. The Kier molecular flexibility index (Phi) is 5.68. The molecule has 0 radical (unpaired) electrons. The molecule has 0 aliphatic carbocycles. The quantitative estimate of drug-likeness (QED) is 0.842. The van der Waals surface area contributed by atoms with Crippen LogP contribution in [0.3, 0.4) is 0 Å². The summed E-state index contributed by atoms with van der Waals surface area (Å²) in [7, 11) is 0. The van der Waals surface area contributed by atoms with Crippen molar-refractivity contribution in [3.05, 3.63) is 53.5 Å². The maximum atomic E-state index is 13.9. The molecule has 0 bridgehead atoms. The molecule has 0 saturated carbocycles. The van der Waals surface area contributed by atoms with E-state index in [4.69, 9.17) is 10.00 Å². The molecule has 1 aliphatic rings. The van der Waals surface area contributed by atoms with Crippen LogP contribution in [0.4, 0.5) is 4.39 Å². The van der Waals surface area contributed by atoms with E-state index in [9.17, 15) is 4.39 Å². The van der Waals surface area contributed by atoms with Gasteiger partial charge in [0.05, 0.1) is 17.3 Å². The molecule has 0 amide bonds. The van der Waals surface area contributed by atoms with Gasteiger partial charge in [0.15, 0.2) is 0 Å². The Hall–Kier alpha value is -2.10. The molecule has 24 heavy (non-hydrogen) atoms. The maximum Gasteiger partial charge on any atom is 0.213 e. The first-order valence-corrected chi connectivity index (χ1v) is 8.89. The van der Waals surface area contributed by atoms with Gasteiger partial charge in [-0.05, 0) is 50.2 Å². The van der Waals surface area contributed by atoms with Gasteiger partial charge in [-0.25, -0.2) is 9.37 Å². The molecule has 3 rings (SSSR count). The number of halogens is 1. The van der Waals surface area contributed by atoms with Gasteiger partial charge in [0, 0.05) is 16.7 Å². The van der Waals surface area contributed by atoms with Crippen LogP contribution in [0.1, 0.15) is 24.1 Å². The Labute approximate surface area is 145 Å². The maximum absolute atomic E-state index is 13.9. The predicted molar refractivity (Wildman–Crippen MR) is 91.4 cm³/mol. The summed E-state index contributed by atoms with van der Waals surface area (Å²) in [6.45, 7) is 1.94. The molecule has 1 saturated heterocycles. The highest BCUT2D eigenvalue weighted by atomic mass is 32.2. The second-order valence-corrected chi connectivity index (χ2v) is 6.60. The van der Waals surface area contributed by atoms with E-state index in [2.05, 4.69) is 10.3 Å². The monoisotopic (exact) mass is 343 g/mol. The van der Waals surface area contributed by atoms with Crippen molar-refractivity contribution in [2.24, 2.45) is 0 Å². The van der Waals surface area contributed by atoms with Crippen molar-refractivity contribution in [2.45, 2.75) is 29.6 Å². The fraction of sp³-hybridized carbons (Fsp3) is 0.333.